The maximum Gasteiger partial charge on any atom is 0.143 e. The number of pyridine rings is 2. The van der Waals surface area contributed by atoms with Crippen LogP contribution >= 0.6 is 11.3 Å². The number of aromatic amines is 1. The van der Waals surface area contributed by atoms with E-state index >= 15 is 0 Å². The predicted octanol–water partition coefficient (Wildman–Crippen LogP) is 3.23. The van der Waals surface area contributed by atoms with Crippen molar-refractivity contribution >= 4 is 32.7 Å². The van der Waals surface area contributed by atoms with Gasteiger partial charge in [-0.05, 0) is 30.3 Å². The quantitative estimate of drug-likeness (QED) is 0.566. The molecule has 4 heterocycles. The highest BCUT2D eigenvalue weighted by molar-refractivity contribution is 7.21. The van der Waals surface area contributed by atoms with E-state index in [9.17, 15) is 0 Å². The van der Waals surface area contributed by atoms with Crippen molar-refractivity contribution in [3.05, 3.63) is 42.7 Å². The number of hydrogen-bond donors (Lipinski definition) is 1. The molecule has 0 spiro atoms. The van der Waals surface area contributed by atoms with Gasteiger partial charge in [0.05, 0.1) is 16.7 Å². The average molecular weight is 252 g/mol. The molecule has 5 heteroatoms. The molecular weight excluding hydrogens is 244 g/mol. The zero-order chi connectivity index (χ0) is 11.9. The molecule has 0 saturated heterocycles. The number of hydrogen-bond acceptors (Lipinski definition) is 4. The van der Waals surface area contributed by atoms with E-state index in [1.807, 2.05) is 30.3 Å². The number of rotatable bonds is 1. The Morgan fingerprint density at radius 3 is 2.78 bits per heavy atom. The van der Waals surface area contributed by atoms with Gasteiger partial charge >= 0.3 is 0 Å². The lowest BCUT2D eigenvalue weighted by Gasteiger charge is -1.86. The van der Waals surface area contributed by atoms with Crippen molar-refractivity contribution < 1.29 is 0 Å². The summed E-state index contributed by atoms with van der Waals surface area (Å²) in [4.78, 5) is 17.5. The molecule has 4 aromatic rings. The highest BCUT2D eigenvalue weighted by Gasteiger charge is 2.09. The van der Waals surface area contributed by atoms with Gasteiger partial charge in [0, 0.05) is 12.4 Å². The summed E-state index contributed by atoms with van der Waals surface area (Å²) in [6.45, 7) is 0. The fourth-order valence-corrected chi connectivity index (χ4v) is 2.84. The number of nitrogens with zero attached hydrogens (tertiary/aromatic N) is 3. The van der Waals surface area contributed by atoms with Gasteiger partial charge in [-0.2, -0.15) is 0 Å². The lowest BCUT2D eigenvalue weighted by Crippen LogP contribution is -1.74. The summed E-state index contributed by atoms with van der Waals surface area (Å²) < 4.78 is 0. The first kappa shape index (κ1) is 9.73. The van der Waals surface area contributed by atoms with E-state index in [2.05, 4.69) is 19.9 Å². The van der Waals surface area contributed by atoms with E-state index in [-0.39, 0.29) is 0 Å². The Balaban J connectivity index is 1.95. The van der Waals surface area contributed by atoms with E-state index in [1.54, 1.807) is 23.7 Å². The van der Waals surface area contributed by atoms with Gasteiger partial charge in [-0.25, -0.2) is 9.97 Å². The van der Waals surface area contributed by atoms with Crippen LogP contribution in [0.1, 0.15) is 0 Å². The standard InChI is InChI=1S/C13H8N4S/c1-3-8-10(14-5-1)7-11(16-8)13-17-9-4-2-6-15-12(9)18-13/h1-7,16H. The molecule has 86 valence electrons. The Hall–Kier alpha value is -2.27. The van der Waals surface area contributed by atoms with Gasteiger partial charge in [0.1, 0.15) is 15.4 Å². The Bertz CT molecular complexity index is 708. The maximum absolute atomic E-state index is 4.58. The van der Waals surface area contributed by atoms with Crippen LogP contribution in [-0.4, -0.2) is 19.9 Å². The molecule has 0 fully saturated rings. The molecule has 0 aromatic carbocycles. The summed E-state index contributed by atoms with van der Waals surface area (Å²) in [5, 5.41) is 0.946. The van der Waals surface area contributed by atoms with Crippen LogP contribution in [0.25, 0.3) is 32.1 Å². The van der Waals surface area contributed by atoms with Crippen molar-refractivity contribution in [1.82, 2.24) is 19.9 Å². The molecule has 0 unspecified atom stereocenters. The highest BCUT2D eigenvalue weighted by atomic mass is 32.1. The van der Waals surface area contributed by atoms with Crippen LogP contribution in [0.15, 0.2) is 42.7 Å². The monoisotopic (exact) mass is 252 g/mol. The third kappa shape index (κ3) is 1.41. The normalized spacial score (nSPS) is 11.3. The number of H-pyrrole nitrogens is 1. The topological polar surface area (TPSA) is 54.5 Å². The van der Waals surface area contributed by atoms with E-state index in [0.29, 0.717) is 0 Å². The minimum absolute atomic E-state index is 0.934. The zero-order valence-corrected chi connectivity index (χ0v) is 10.1. The van der Waals surface area contributed by atoms with Crippen molar-refractivity contribution in [1.29, 1.82) is 0 Å². The number of thiazole rings is 1. The molecule has 18 heavy (non-hydrogen) atoms. The first-order valence-corrected chi connectivity index (χ1v) is 6.37. The second-order valence-electron chi connectivity index (χ2n) is 3.97. The third-order valence-electron chi connectivity index (χ3n) is 2.79. The van der Waals surface area contributed by atoms with Crippen LogP contribution in [-0.2, 0) is 0 Å². The Morgan fingerprint density at radius 1 is 1.00 bits per heavy atom. The van der Waals surface area contributed by atoms with E-state index in [4.69, 9.17) is 0 Å². The molecule has 4 aromatic heterocycles. The van der Waals surface area contributed by atoms with Crippen LogP contribution < -0.4 is 0 Å². The van der Waals surface area contributed by atoms with Gasteiger partial charge in [0.15, 0.2) is 0 Å². The first-order chi connectivity index (χ1) is 8.90. The lowest BCUT2D eigenvalue weighted by molar-refractivity contribution is 1.38. The van der Waals surface area contributed by atoms with Gasteiger partial charge in [-0.3, -0.25) is 4.98 Å². The van der Waals surface area contributed by atoms with Crippen LogP contribution in [0.5, 0.6) is 0 Å². The Kier molecular flexibility index (Phi) is 1.95. The summed E-state index contributed by atoms with van der Waals surface area (Å²) in [5.41, 5.74) is 3.91. The van der Waals surface area contributed by atoms with Crippen molar-refractivity contribution in [3.63, 3.8) is 0 Å². The molecule has 0 aliphatic carbocycles. The fourth-order valence-electron chi connectivity index (χ4n) is 1.96. The summed E-state index contributed by atoms with van der Waals surface area (Å²) in [6, 6.07) is 9.83. The second-order valence-corrected chi connectivity index (χ2v) is 4.94. The summed E-state index contributed by atoms with van der Waals surface area (Å²) in [5.74, 6) is 0. The van der Waals surface area contributed by atoms with Crippen LogP contribution in [0.2, 0.25) is 0 Å². The molecule has 0 amide bonds. The Labute approximate surface area is 106 Å². The van der Waals surface area contributed by atoms with Crippen molar-refractivity contribution in [2.24, 2.45) is 0 Å². The summed E-state index contributed by atoms with van der Waals surface area (Å²) in [6.07, 6.45) is 3.58. The largest absolute Gasteiger partial charge is 0.351 e. The molecule has 1 N–H and O–H groups in total. The van der Waals surface area contributed by atoms with Gasteiger partial charge < -0.3 is 4.98 Å². The van der Waals surface area contributed by atoms with Gasteiger partial charge in [0.25, 0.3) is 0 Å². The molecule has 0 atom stereocenters. The minimum Gasteiger partial charge on any atom is -0.351 e. The number of nitrogens with one attached hydrogen (secondary N) is 1. The van der Waals surface area contributed by atoms with E-state index < -0.39 is 0 Å². The van der Waals surface area contributed by atoms with Crippen molar-refractivity contribution in [3.8, 4) is 10.7 Å². The summed E-state index contributed by atoms with van der Waals surface area (Å²) in [7, 11) is 0. The number of fused-ring (bicyclic) bond motifs is 2. The predicted molar refractivity (Wildman–Crippen MR) is 72.5 cm³/mol. The van der Waals surface area contributed by atoms with E-state index in [0.717, 1.165) is 32.1 Å². The van der Waals surface area contributed by atoms with E-state index in [1.165, 1.54) is 0 Å². The summed E-state index contributed by atoms with van der Waals surface area (Å²) >= 11 is 1.58. The molecular formula is C13H8N4S. The SMILES string of the molecule is c1cnc2sc(-c3cc4ncccc4[nH]3)nc2c1. The fraction of sp³-hybridized carbons (Fsp3) is 0. The molecule has 0 radical (unpaired) electrons. The smallest absolute Gasteiger partial charge is 0.143 e. The Morgan fingerprint density at radius 2 is 1.89 bits per heavy atom. The molecule has 0 aliphatic rings. The maximum atomic E-state index is 4.58. The second kappa shape index (κ2) is 3.61. The van der Waals surface area contributed by atoms with Crippen molar-refractivity contribution in [2.75, 3.05) is 0 Å². The van der Waals surface area contributed by atoms with Crippen LogP contribution in [0.4, 0.5) is 0 Å². The highest BCUT2D eigenvalue weighted by Crippen LogP contribution is 2.29. The van der Waals surface area contributed by atoms with Gasteiger partial charge in [0.2, 0.25) is 0 Å². The van der Waals surface area contributed by atoms with Crippen LogP contribution in [0.3, 0.4) is 0 Å². The van der Waals surface area contributed by atoms with Crippen LogP contribution in [0, 0.1) is 0 Å². The molecule has 0 bridgehead atoms. The molecule has 4 rings (SSSR count). The molecule has 0 saturated carbocycles. The lowest BCUT2D eigenvalue weighted by atomic mass is 10.4. The zero-order valence-electron chi connectivity index (χ0n) is 9.29. The average Bonchev–Trinajstić information content (AvgIpc) is 3.02. The van der Waals surface area contributed by atoms with Gasteiger partial charge in [-0.15, -0.1) is 0 Å². The third-order valence-corrected chi connectivity index (χ3v) is 3.80. The van der Waals surface area contributed by atoms with Crippen molar-refractivity contribution in [2.45, 2.75) is 0 Å². The molecule has 0 aliphatic heterocycles. The van der Waals surface area contributed by atoms with Gasteiger partial charge in [-0.1, -0.05) is 11.3 Å². The molecule has 4 nitrogen and oxygen atoms in total. The number of aromatic nitrogens is 4. The minimum atomic E-state index is 0.934. The first-order valence-electron chi connectivity index (χ1n) is 5.56.